The minimum Gasteiger partial charge on any atom is -0.268 e. The number of hydrogen-bond acceptors (Lipinski definition) is 4. The molecule has 1 heterocycles. The van der Waals surface area contributed by atoms with E-state index in [0.717, 1.165) is 12.8 Å². The highest BCUT2D eigenvalue weighted by Crippen LogP contribution is 2.33. The normalized spacial score (nSPS) is 17.3. The first-order valence-electron chi connectivity index (χ1n) is 7.45. The van der Waals surface area contributed by atoms with Crippen molar-refractivity contribution in [3.8, 4) is 0 Å². The molecule has 21 heavy (non-hydrogen) atoms. The van der Waals surface area contributed by atoms with Crippen LogP contribution in [-0.2, 0) is 0 Å². The van der Waals surface area contributed by atoms with Gasteiger partial charge in [0.1, 0.15) is 0 Å². The van der Waals surface area contributed by atoms with Gasteiger partial charge in [0, 0.05) is 12.1 Å². The number of hydrogen-bond donors (Lipinski definition) is 0. The number of carbonyl (C=O) groups is 2. The summed E-state index contributed by atoms with van der Waals surface area (Å²) >= 11 is 1.26. The van der Waals surface area contributed by atoms with E-state index in [4.69, 9.17) is 0 Å². The molecule has 0 saturated carbocycles. The molecule has 0 radical (unpaired) electrons. The average Bonchev–Trinajstić information content (AvgIpc) is 2.76. The predicted octanol–water partition coefficient (Wildman–Crippen LogP) is 3.74. The zero-order chi connectivity index (χ0) is 15.6. The van der Waals surface area contributed by atoms with Crippen molar-refractivity contribution < 1.29 is 9.59 Å². The molecule has 0 fully saturated rings. The van der Waals surface area contributed by atoms with Crippen LogP contribution in [0.25, 0.3) is 0 Å². The summed E-state index contributed by atoms with van der Waals surface area (Å²) in [4.78, 5) is 24.8. The summed E-state index contributed by atoms with van der Waals surface area (Å²) in [6, 6.07) is 7.61. The Morgan fingerprint density at radius 2 is 1.43 bits per heavy atom. The first-order valence-corrected chi connectivity index (χ1v) is 8.18. The minimum absolute atomic E-state index is 0.211. The van der Waals surface area contributed by atoms with Gasteiger partial charge in [-0.1, -0.05) is 26.0 Å². The summed E-state index contributed by atoms with van der Waals surface area (Å²) in [5.41, 5.74) is 1.01. The van der Waals surface area contributed by atoms with Gasteiger partial charge in [0.25, 0.3) is 11.8 Å². The van der Waals surface area contributed by atoms with Crippen LogP contribution in [0.5, 0.6) is 0 Å². The molecule has 0 bridgehead atoms. The molecule has 1 aromatic carbocycles. The van der Waals surface area contributed by atoms with E-state index >= 15 is 0 Å². The highest BCUT2D eigenvalue weighted by molar-refractivity contribution is 7.95. The van der Waals surface area contributed by atoms with Crippen molar-refractivity contribution in [2.45, 2.75) is 52.6 Å². The molecule has 5 heteroatoms. The fraction of sp³-hybridized carbons (Fsp3) is 0.500. The molecule has 2 rings (SSSR count). The summed E-state index contributed by atoms with van der Waals surface area (Å²) in [6.07, 6.45) is 1.95. The van der Waals surface area contributed by atoms with Crippen molar-refractivity contribution in [3.63, 3.8) is 0 Å². The molecule has 114 valence electrons. The maximum absolute atomic E-state index is 12.4. The Bertz CT molecular complexity index is 502. The van der Waals surface area contributed by atoms with E-state index in [9.17, 15) is 9.59 Å². The third-order valence-corrected chi connectivity index (χ3v) is 5.39. The molecule has 0 aliphatic carbocycles. The molecule has 0 N–H and O–H groups in total. The van der Waals surface area contributed by atoms with Crippen LogP contribution in [-0.4, -0.2) is 32.5 Å². The Morgan fingerprint density at radius 1 is 1.00 bits per heavy atom. The summed E-state index contributed by atoms with van der Waals surface area (Å²) < 4.78 is 3.45. The van der Waals surface area contributed by atoms with E-state index < -0.39 is 0 Å². The molecule has 0 aromatic heterocycles. The van der Waals surface area contributed by atoms with Gasteiger partial charge in [-0.25, -0.2) is 4.31 Å². The van der Waals surface area contributed by atoms with Gasteiger partial charge in [0.2, 0.25) is 0 Å². The van der Waals surface area contributed by atoms with E-state index in [0.29, 0.717) is 23.2 Å². The Balaban J connectivity index is 2.23. The minimum atomic E-state index is -0.211. The Labute approximate surface area is 130 Å². The van der Waals surface area contributed by atoms with Gasteiger partial charge in [0.05, 0.1) is 23.3 Å². The standard InChI is InChI=1S/C16H22N2O2S/c1-5-11(3)17(12(4)6-2)21-18-15(19)13-9-7-8-10-14(13)16(18)20/h7-12H,5-6H2,1-4H3. The van der Waals surface area contributed by atoms with Crippen molar-refractivity contribution in [2.75, 3.05) is 0 Å². The monoisotopic (exact) mass is 306 g/mol. The molecule has 2 unspecified atom stereocenters. The van der Waals surface area contributed by atoms with Crippen LogP contribution in [0.2, 0.25) is 0 Å². The van der Waals surface area contributed by atoms with Gasteiger partial charge in [0.15, 0.2) is 0 Å². The fourth-order valence-corrected chi connectivity index (χ4v) is 3.44. The van der Waals surface area contributed by atoms with Gasteiger partial charge >= 0.3 is 0 Å². The molecule has 1 aliphatic heterocycles. The number of nitrogens with zero attached hydrogens (tertiary/aromatic N) is 2. The van der Waals surface area contributed by atoms with Gasteiger partial charge in [-0.15, -0.1) is 0 Å². The number of imide groups is 1. The molecule has 2 amide bonds. The van der Waals surface area contributed by atoms with Gasteiger partial charge in [-0.2, -0.15) is 4.31 Å². The van der Waals surface area contributed by atoms with Crippen molar-refractivity contribution in [1.82, 2.24) is 8.61 Å². The topological polar surface area (TPSA) is 40.6 Å². The summed E-state index contributed by atoms with van der Waals surface area (Å²) in [5.74, 6) is -0.422. The third-order valence-electron chi connectivity index (χ3n) is 3.98. The molecule has 2 atom stereocenters. The van der Waals surface area contributed by atoms with Gasteiger partial charge in [-0.3, -0.25) is 9.59 Å². The highest BCUT2D eigenvalue weighted by atomic mass is 32.2. The second-order valence-electron chi connectivity index (χ2n) is 5.41. The lowest BCUT2D eigenvalue weighted by molar-refractivity contribution is 0.0769. The highest BCUT2D eigenvalue weighted by Gasteiger charge is 2.38. The molecule has 0 spiro atoms. The van der Waals surface area contributed by atoms with Crippen LogP contribution in [0.15, 0.2) is 24.3 Å². The lowest BCUT2D eigenvalue weighted by Crippen LogP contribution is -2.39. The quantitative estimate of drug-likeness (QED) is 0.593. The number of amides is 2. The largest absolute Gasteiger partial charge is 0.272 e. The SMILES string of the molecule is CCC(C)N(SN1C(=O)c2ccccc2C1=O)C(C)CC. The van der Waals surface area contributed by atoms with Crippen LogP contribution in [0.1, 0.15) is 61.3 Å². The number of benzene rings is 1. The predicted molar refractivity (Wildman–Crippen MR) is 85.9 cm³/mol. The zero-order valence-electron chi connectivity index (χ0n) is 13.0. The molecular formula is C16H22N2O2S. The van der Waals surface area contributed by atoms with Crippen molar-refractivity contribution in [3.05, 3.63) is 35.4 Å². The smallest absolute Gasteiger partial charge is 0.268 e. The molecule has 1 aliphatic rings. The fourth-order valence-electron chi connectivity index (χ4n) is 2.29. The van der Waals surface area contributed by atoms with Crippen LogP contribution < -0.4 is 0 Å². The second kappa shape index (κ2) is 6.62. The summed E-state index contributed by atoms with van der Waals surface area (Å²) in [5, 5.41) is 0. The van der Waals surface area contributed by atoms with E-state index in [1.54, 1.807) is 24.3 Å². The van der Waals surface area contributed by atoms with E-state index in [1.165, 1.54) is 16.4 Å². The number of carbonyl (C=O) groups excluding carboxylic acids is 2. The van der Waals surface area contributed by atoms with Crippen LogP contribution in [0.3, 0.4) is 0 Å². The first-order chi connectivity index (χ1) is 10.0. The van der Waals surface area contributed by atoms with E-state index in [-0.39, 0.29) is 11.8 Å². The summed E-state index contributed by atoms with van der Waals surface area (Å²) in [6.45, 7) is 8.47. The van der Waals surface area contributed by atoms with Crippen LogP contribution in [0.4, 0.5) is 0 Å². The second-order valence-corrected chi connectivity index (χ2v) is 6.36. The van der Waals surface area contributed by atoms with Crippen LogP contribution >= 0.6 is 12.1 Å². The lowest BCUT2D eigenvalue weighted by atomic mass is 10.1. The van der Waals surface area contributed by atoms with Crippen molar-refractivity contribution in [2.24, 2.45) is 0 Å². The lowest BCUT2D eigenvalue weighted by Gasteiger charge is -2.33. The Kier molecular flexibility index (Phi) is 5.06. The number of rotatable bonds is 6. The van der Waals surface area contributed by atoms with Crippen LogP contribution in [0, 0.1) is 0 Å². The Morgan fingerprint density at radius 3 is 1.81 bits per heavy atom. The number of fused-ring (bicyclic) bond motifs is 1. The van der Waals surface area contributed by atoms with Crippen molar-refractivity contribution >= 4 is 23.9 Å². The van der Waals surface area contributed by atoms with E-state index in [2.05, 4.69) is 32.0 Å². The maximum Gasteiger partial charge on any atom is 0.272 e. The summed E-state index contributed by atoms with van der Waals surface area (Å²) in [7, 11) is 0. The zero-order valence-corrected chi connectivity index (χ0v) is 13.8. The maximum atomic E-state index is 12.4. The van der Waals surface area contributed by atoms with Gasteiger partial charge in [-0.05, 0) is 38.8 Å². The third kappa shape index (κ3) is 2.99. The molecular weight excluding hydrogens is 284 g/mol. The average molecular weight is 306 g/mol. The molecule has 1 aromatic rings. The first kappa shape index (κ1) is 16.0. The Hall–Kier alpha value is -1.33. The van der Waals surface area contributed by atoms with Gasteiger partial charge < -0.3 is 0 Å². The molecule has 0 saturated heterocycles. The molecule has 4 nitrogen and oxygen atoms in total. The van der Waals surface area contributed by atoms with Crippen molar-refractivity contribution in [1.29, 1.82) is 0 Å². The van der Waals surface area contributed by atoms with E-state index in [1.807, 2.05) is 0 Å².